The average Bonchev–Trinajstić information content (AvgIpc) is 3.49. The Balaban J connectivity index is 1.50. The number of carbonyl (C=O) groups excluding carboxylic acids is 1. The third-order valence-electron chi connectivity index (χ3n) is 5.19. The fourth-order valence-electron chi connectivity index (χ4n) is 3.64. The zero-order chi connectivity index (χ0) is 20.5. The fourth-order valence-corrected chi connectivity index (χ4v) is 4.73. The van der Waals surface area contributed by atoms with Gasteiger partial charge in [-0.3, -0.25) is 9.69 Å². The van der Waals surface area contributed by atoms with Crippen LogP contribution in [0, 0.1) is 6.92 Å². The molecule has 6 nitrogen and oxygen atoms in total. The summed E-state index contributed by atoms with van der Waals surface area (Å²) in [7, 11) is 0. The number of aromatic amines is 1. The van der Waals surface area contributed by atoms with E-state index >= 15 is 0 Å². The summed E-state index contributed by atoms with van der Waals surface area (Å²) in [5, 5.41) is 1.66. The first-order valence-electron chi connectivity index (χ1n) is 9.90. The number of benzene rings is 2. The molecule has 3 aromatic heterocycles. The molecule has 1 amide bonds. The first kappa shape index (κ1) is 18.6. The SMILES string of the molecule is Cc1ccc2nc(N(CCCn3ccnc3)C(=O)c3c[nH]c4ccccc34)sc2c1. The van der Waals surface area contributed by atoms with Crippen molar-refractivity contribution >= 4 is 43.5 Å². The molecule has 0 radical (unpaired) electrons. The van der Waals surface area contributed by atoms with Gasteiger partial charge in [-0.1, -0.05) is 35.6 Å². The lowest BCUT2D eigenvalue weighted by Gasteiger charge is -2.19. The number of aromatic nitrogens is 4. The topological polar surface area (TPSA) is 66.8 Å². The highest BCUT2D eigenvalue weighted by Crippen LogP contribution is 2.31. The van der Waals surface area contributed by atoms with E-state index in [1.54, 1.807) is 30.1 Å². The van der Waals surface area contributed by atoms with E-state index in [1.807, 2.05) is 46.0 Å². The normalized spacial score (nSPS) is 11.4. The second kappa shape index (κ2) is 7.76. The minimum atomic E-state index is -0.0335. The zero-order valence-electron chi connectivity index (χ0n) is 16.6. The van der Waals surface area contributed by atoms with Crippen LogP contribution in [0.25, 0.3) is 21.1 Å². The van der Waals surface area contributed by atoms with Crippen LogP contribution in [-0.4, -0.2) is 32.0 Å². The van der Waals surface area contributed by atoms with E-state index in [0.717, 1.165) is 39.2 Å². The van der Waals surface area contributed by atoms with E-state index in [4.69, 9.17) is 4.98 Å². The summed E-state index contributed by atoms with van der Waals surface area (Å²) in [5.74, 6) is -0.0335. The van der Waals surface area contributed by atoms with Gasteiger partial charge in [0.2, 0.25) is 0 Å². The number of hydrogen-bond acceptors (Lipinski definition) is 4. The average molecular weight is 416 g/mol. The van der Waals surface area contributed by atoms with Gasteiger partial charge in [-0.25, -0.2) is 9.97 Å². The minimum Gasteiger partial charge on any atom is -0.360 e. The van der Waals surface area contributed by atoms with Crippen molar-refractivity contribution in [3.05, 3.63) is 78.5 Å². The number of rotatable bonds is 6. The Kier molecular flexibility index (Phi) is 4.80. The van der Waals surface area contributed by atoms with Crippen LogP contribution < -0.4 is 4.90 Å². The van der Waals surface area contributed by atoms with Crippen LogP contribution in [0.15, 0.2) is 67.4 Å². The molecule has 0 unspecified atom stereocenters. The second-order valence-corrected chi connectivity index (χ2v) is 8.34. The molecule has 1 N–H and O–H groups in total. The van der Waals surface area contributed by atoms with Gasteiger partial charge in [-0.15, -0.1) is 0 Å². The van der Waals surface area contributed by atoms with E-state index in [-0.39, 0.29) is 5.91 Å². The predicted molar refractivity (Wildman–Crippen MR) is 121 cm³/mol. The number of hydrogen-bond donors (Lipinski definition) is 1. The van der Waals surface area contributed by atoms with Crippen molar-refractivity contribution in [1.82, 2.24) is 19.5 Å². The van der Waals surface area contributed by atoms with Gasteiger partial charge in [0, 0.05) is 42.6 Å². The second-order valence-electron chi connectivity index (χ2n) is 7.33. The summed E-state index contributed by atoms with van der Waals surface area (Å²) in [6.45, 7) is 3.44. The number of fused-ring (bicyclic) bond motifs is 2. The lowest BCUT2D eigenvalue weighted by molar-refractivity contribution is 0.0988. The van der Waals surface area contributed by atoms with E-state index in [2.05, 4.69) is 29.0 Å². The predicted octanol–water partition coefficient (Wildman–Crippen LogP) is 5.02. The molecular weight excluding hydrogens is 394 g/mol. The number of nitrogens with zero attached hydrogens (tertiary/aromatic N) is 4. The van der Waals surface area contributed by atoms with Crippen LogP contribution in [0.5, 0.6) is 0 Å². The van der Waals surface area contributed by atoms with Crippen LogP contribution in [-0.2, 0) is 6.54 Å². The molecule has 0 spiro atoms. The molecule has 0 saturated carbocycles. The van der Waals surface area contributed by atoms with Crippen molar-refractivity contribution in [1.29, 1.82) is 0 Å². The van der Waals surface area contributed by atoms with Crippen LogP contribution in [0.3, 0.4) is 0 Å². The van der Waals surface area contributed by atoms with Gasteiger partial charge in [0.1, 0.15) is 0 Å². The number of para-hydroxylation sites is 1. The largest absolute Gasteiger partial charge is 0.360 e. The fraction of sp³-hybridized carbons (Fsp3) is 0.174. The van der Waals surface area contributed by atoms with Gasteiger partial charge in [0.05, 0.1) is 22.1 Å². The van der Waals surface area contributed by atoms with Crippen molar-refractivity contribution in [2.24, 2.45) is 0 Å². The smallest absolute Gasteiger partial charge is 0.262 e. The number of aryl methyl sites for hydroxylation is 2. The Morgan fingerprint density at radius 3 is 3.00 bits per heavy atom. The maximum absolute atomic E-state index is 13.6. The zero-order valence-corrected chi connectivity index (χ0v) is 17.4. The van der Waals surface area contributed by atoms with Crippen LogP contribution >= 0.6 is 11.3 Å². The molecule has 0 saturated heterocycles. The van der Waals surface area contributed by atoms with E-state index in [0.29, 0.717) is 12.1 Å². The Bertz CT molecular complexity index is 1320. The van der Waals surface area contributed by atoms with Crippen molar-refractivity contribution in [2.45, 2.75) is 19.9 Å². The van der Waals surface area contributed by atoms with Crippen molar-refractivity contribution in [3.8, 4) is 0 Å². The maximum atomic E-state index is 13.6. The molecule has 0 aliphatic rings. The molecule has 0 aliphatic carbocycles. The van der Waals surface area contributed by atoms with E-state index in [9.17, 15) is 4.79 Å². The van der Waals surface area contributed by atoms with Crippen molar-refractivity contribution in [2.75, 3.05) is 11.4 Å². The third-order valence-corrected chi connectivity index (χ3v) is 6.23. The number of H-pyrrole nitrogens is 1. The Morgan fingerprint density at radius 2 is 2.13 bits per heavy atom. The van der Waals surface area contributed by atoms with Gasteiger partial charge in [-0.05, 0) is 37.1 Å². The van der Waals surface area contributed by atoms with Gasteiger partial charge in [-0.2, -0.15) is 0 Å². The third kappa shape index (κ3) is 3.48. The van der Waals surface area contributed by atoms with Gasteiger partial charge >= 0.3 is 0 Å². The highest BCUT2D eigenvalue weighted by molar-refractivity contribution is 7.22. The molecule has 7 heteroatoms. The van der Waals surface area contributed by atoms with Crippen LogP contribution in [0.4, 0.5) is 5.13 Å². The lowest BCUT2D eigenvalue weighted by atomic mass is 10.1. The molecule has 30 heavy (non-hydrogen) atoms. The summed E-state index contributed by atoms with van der Waals surface area (Å²) in [6, 6.07) is 14.1. The first-order chi connectivity index (χ1) is 14.7. The summed E-state index contributed by atoms with van der Waals surface area (Å²) in [6.07, 6.45) is 8.11. The van der Waals surface area contributed by atoms with Crippen molar-refractivity contribution < 1.29 is 4.79 Å². The Morgan fingerprint density at radius 1 is 1.23 bits per heavy atom. The molecule has 5 rings (SSSR count). The highest BCUT2D eigenvalue weighted by Gasteiger charge is 2.23. The standard InChI is InChI=1S/C23H21N5OS/c1-16-7-8-20-21(13-16)30-23(26-20)28(11-4-10-27-12-9-24-15-27)22(29)18-14-25-19-6-3-2-5-17(18)19/h2-3,5-9,12-15,25H,4,10-11H2,1H3. The number of carbonyl (C=O) groups is 1. The highest BCUT2D eigenvalue weighted by atomic mass is 32.1. The number of nitrogens with one attached hydrogen (secondary N) is 1. The molecule has 0 fully saturated rings. The monoisotopic (exact) mass is 415 g/mol. The molecule has 3 heterocycles. The summed E-state index contributed by atoms with van der Waals surface area (Å²) in [4.78, 5) is 27.5. The number of imidazole rings is 1. The quantitative estimate of drug-likeness (QED) is 0.423. The number of thiazole rings is 1. The van der Waals surface area contributed by atoms with E-state index < -0.39 is 0 Å². The lowest BCUT2D eigenvalue weighted by Crippen LogP contribution is -2.32. The first-order valence-corrected chi connectivity index (χ1v) is 10.7. The maximum Gasteiger partial charge on any atom is 0.262 e. The van der Waals surface area contributed by atoms with Gasteiger partial charge in [0.15, 0.2) is 5.13 Å². The molecule has 2 aromatic carbocycles. The van der Waals surface area contributed by atoms with E-state index in [1.165, 1.54) is 5.56 Å². The van der Waals surface area contributed by atoms with Crippen LogP contribution in [0.2, 0.25) is 0 Å². The molecule has 0 bridgehead atoms. The molecule has 150 valence electrons. The van der Waals surface area contributed by atoms with Crippen LogP contribution in [0.1, 0.15) is 22.3 Å². The Labute approximate surface area is 177 Å². The molecule has 0 atom stereocenters. The summed E-state index contributed by atoms with van der Waals surface area (Å²) in [5.41, 5.74) is 3.74. The van der Waals surface area contributed by atoms with Crippen molar-refractivity contribution in [3.63, 3.8) is 0 Å². The molecular formula is C23H21N5OS. The summed E-state index contributed by atoms with van der Waals surface area (Å²) >= 11 is 1.56. The minimum absolute atomic E-state index is 0.0335. The number of amides is 1. The molecule has 0 aliphatic heterocycles. The van der Waals surface area contributed by atoms with Gasteiger partial charge in [0.25, 0.3) is 5.91 Å². The molecule has 5 aromatic rings. The Hall–Kier alpha value is -3.45. The number of anilines is 1. The van der Waals surface area contributed by atoms with Gasteiger partial charge < -0.3 is 9.55 Å². The summed E-state index contributed by atoms with van der Waals surface area (Å²) < 4.78 is 3.12.